The SMILES string of the molecule is O=C(NCCN1CCCCC1)c1ccc2[nH]c3c(c2c1)CCCc1cn[nH]c1-3. The fraction of sp³-hybridized carbons (Fsp3) is 0.455. The van der Waals surface area contributed by atoms with Crippen molar-refractivity contribution in [2.45, 2.75) is 38.5 Å². The maximum Gasteiger partial charge on any atom is 0.251 e. The number of likely N-dealkylation sites (tertiary alicyclic amines) is 1. The topological polar surface area (TPSA) is 76.8 Å². The van der Waals surface area contributed by atoms with Gasteiger partial charge in [0.25, 0.3) is 5.91 Å². The smallest absolute Gasteiger partial charge is 0.251 e. The van der Waals surface area contributed by atoms with Crippen LogP contribution in [0.15, 0.2) is 24.4 Å². The summed E-state index contributed by atoms with van der Waals surface area (Å²) in [6.07, 6.45) is 8.97. The molecule has 6 nitrogen and oxygen atoms in total. The van der Waals surface area contributed by atoms with Crippen LogP contribution in [0.3, 0.4) is 0 Å². The summed E-state index contributed by atoms with van der Waals surface area (Å²) >= 11 is 0. The van der Waals surface area contributed by atoms with E-state index in [0.29, 0.717) is 6.54 Å². The number of H-pyrrole nitrogens is 2. The minimum Gasteiger partial charge on any atom is -0.353 e. The number of nitrogens with one attached hydrogen (secondary N) is 3. The minimum atomic E-state index is 0.0183. The molecule has 3 aromatic rings. The summed E-state index contributed by atoms with van der Waals surface area (Å²) in [6, 6.07) is 5.99. The first kappa shape index (κ1) is 17.5. The third-order valence-corrected chi connectivity index (χ3v) is 6.17. The fourth-order valence-corrected chi connectivity index (χ4v) is 4.65. The van der Waals surface area contributed by atoms with E-state index in [1.54, 1.807) is 0 Å². The van der Waals surface area contributed by atoms with Crippen LogP contribution in [-0.2, 0) is 12.8 Å². The molecular weight excluding hydrogens is 350 g/mol. The van der Waals surface area contributed by atoms with Gasteiger partial charge in [-0.25, -0.2) is 0 Å². The van der Waals surface area contributed by atoms with Crippen LogP contribution < -0.4 is 5.32 Å². The van der Waals surface area contributed by atoms with Crippen LogP contribution >= 0.6 is 0 Å². The average molecular weight is 377 g/mol. The lowest BCUT2D eigenvalue weighted by molar-refractivity contribution is 0.0946. The molecule has 1 saturated heterocycles. The highest BCUT2D eigenvalue weighted by molar-refractivity contribution is 6.00. The molecule has 0 bridgehead atoms. The van der Waals surface area contributed by atoms with Crippen LogP contribution in [-0.4, -0.2) is 52.2 Å². The molecule has 5 rings (SSSR count). The van der Waals surface area contributed by atoms with Gasteiger partial charge in [0, 0.05) is 29.6 Å². The number of benzene rings is 1. The van der Waals surface area contributed by atoms with Gasteiger partial charge in [0.1, 0.15) is 0 Å². The zero-order valence-corrected chi connectivity index (χ0v) is 16.2. The van der Waals surface area contributed by atoms with E-state index >= 15 is 0 Å². The van der Waals surface area contributed by atoms with Gasteiger partial charge in [-0.2, -0.15) is 5.10 Å². The second kappa shape index (κ2) is 7.43. The van der Waals surface area contributed by atoms with Gasteiger partial charge < -0.3 is 15.2 Å². The van der Waals surface area contributed by atoms with Crippen LogP contribution in [0.1, 0.15) is 47.2 Å². The first-order valence-corrected chi connectivity index (χ1v) is 10.5. The van der Waals surface area contributed by atoms with Gasteiger partial charge in [-0.3, -0.25) is 9.89 Å². The molecule has 0 unspecified atom stereocenters. The molecule has 1 fully saturated rings. The number of rotatable bonds is 4. The van der Waals surface area contributed by atoms with Crippen molar-refractivity contribution in [3.8, 4) is 11.4 Å². The number of aryl methyl sites for hydroxylation is 2. The second-order valence-electron chi connectivity index (χ2n) is 8.02. The largest absolute Gasteiger partial charge is 0.353 e. The Labute approximate surface area is 164 Å². The van der Waals surface area contributed by atoms with E-state index < -0.39 is 0 Å². The summed E-state index contributed by atoms with van der Waals surface area (Å²) in [6.45, 7) is 3.97. The lowest BCUT2D eigenvalue weighted by Gasteiger charge is -2.26. The number of hydrogen-bond acceptors (Lipinski definition) is 3. The predicted octanol–water partition coefficient (Wildman–Crippen LogP) is 3.26. The lowest BCUT2D eigenvalue weighted by atomic mass is 10.0. The third kappa shape index (κ3) is 3.22. The standard InChI is InChI=1S/C22H27N5O/c28-22(23-9-12-27-10-2-1-3-11-27)15-7-8-19-18(13-15)17-6-4-5-16-14-24-26-20(16)21(17)25-19/h7-8,13-14,25H,1-6,9-12H2,(H,23,28)(H,24,26). The van der Waals surface area contributed by atoms with Crippen LogP contribution in [0.25, 0.3) is 22.3 Å². The van der Waals surface area contributed by atoms with Crippen molar-refractivity contribution in [2.75, 3.05) is 26.2 Å². The molecule has 146 valence electrons. The van der Waals surface area contributed by atoms with Crippen molar-refractivity contribution in [2.24, 2.45) is 0 Å². The number of aromatic nitrogens is 3. The first-order chi connectivity index (χ1) is 13.8. The van der Waals surface area contributed by atoms with Gasteiger partial charge in [-0.15, -0.1) is 0 Å². The van der Waals surface area contributed by atoms with E-state index in [1.807, 2.05) is 24.4 Å². The average Bonchev–Trinajstić information content (AvgIpc) is 3.29. The Hall–Kier alpha value is -2.60. The fourth-order valence-electron chi connectivity index (χ4n) is 4.65. The van der Waals surface area contributed by atoms with E-state index in [0.717, 1.165) is 66.8 Å². The van der Waals surface area contributed by atoms with Crippen LogP contribution in [0.5, 0.6) is 0 Å². The van der Waals surface area contributed by atoms with Crippen LogP contribution in [0.2, 0.25) is 0 Å². The molecule has 1 amide bonds. The molecule has 1 aliphatic heterocycles. The summed E-state index contributed by atoms with van der Waals surface area (Å²) in [5, 5.41) is 11.6. The minimum absolute atomic E-state index is 0.0183. The molecule has 6 heteroatoms. The Balaban J connectivity index is 1.35. The van der Waals surface area contributed by atoms with Gasteiger partial charge in [0.05, 0.1) is 17.6 Å². The van der Waals surface area contributed by atoms with Crippen molar-refractivity contribution < 1.29 is 4.79 Å². The number of carbonyl (C=O) groups excluding carboxylic acids is 1. The van der Waals surface area contributed by atoms with Gasteiger partial charge >= 0.3 is 0 Å². The third-order valence-electron chi connectivity index (χ3n) is 6.17. The molecule has 1 aromatic carbocycles. The number of nitrogens with zero attached hydrogens (tertiary/aromatic N) is 2. The molecule has 2 aromatic heterocycles. The molecule has 28 heavy (non-hydrogen) atoms. The molecule has 0 atom stereocenters. The number of amides is 1. The number of fused-ring (bicyclic) bond motifs is 5. The number of piperidine rings is 1. The molecule has 1 aliphatic carbocycles. The van der Waals surface area contributed by atoms with Crippen molar-refractivity contribution in [1.29, 1.82) is 0 Å². The number of carbonyl (C=O) groups is 1. The predicted molar refractivity (Wildman–Crippen MR) is 111 cm³/mol. The molecule has 2 aliphatic rings. The Morgan fingerprint density at radius 2 is 2.00 bits per heavy atom. The molecule has 3 heterocycles. The maximum absolute atomic E-state index is 12.7. The van der Waals surface area contributed by atoms with Crippen molar-refractivity contribution >= 4 is 16.8 Å². The lowest BCUT2D eigenvalue weighted by Crippen LogP contribution is -2.37. The summed E-state index contributed by atoms with van der Waals surface area (Å²) in [7, 11) is 0. The molecule has 0 radical (unpaired) electrons. The monoisotopic (exact) mass is 377 g/mol. The quantitative estimate of drug-likeness (QED) is 0.653. The molecular formula is C22H27N5O. The van der Waals surface area contributed by atoms with E-state index in [2.05, 4.69) is 25.4 Å². The van der Waals surface area contributed by atoms with Gasteiger partial charge in [0.15, 0.2) is 0 Å². The zero-order chi connectivity index (χ0) is 18.9. The Bertz CT molecular complexity index is 996. The van der Waals surface area contributed by atoms with E-state index in [4.69, 9.17) is 0 Å². The Morgan fingerprint density at radius 1 is 1.11 bits per heavy atom. The van der Waals surface area contributed by atoms with Gasteiger partial charge in [-0.05, 0) is 74.5 Å². The normalized spacial score (nSPS) is 17.1. The van der Waals surface area contributed by atoms with Crippen molar-refractivity contribution in [3.63, 3.8) is 0 Å². The van der Waals surface area contributed by atoms with E-state index in [9.17, 15) is 4.79 Å². The first-order valence-electron chi connectivity index (χ1n) is 10.5. The highest BCUT2D eigenvalue weighted by Gasteiger charge is 2.21. The van der Waals surface area contributed by atoms with Crippen molar-refractivity contribution in [1.82, 2.24) is 25.4 Å². The number of aromatic amines is 2. The molecule has 3 N–H and O–H groups in total. The van der Waals surface area contributed by atoms with E-state index in [1.165, 1.54) is 30.4 Å². The highest BCUT2D eigenvalue weighted by Crippen LogP contribution is 2.35. The Kier molecular flexibility index (Phi) is 4.64. The van der Waals surface area contributed by atoms with Gasteiger partial charge in [-0.1, -0.05) is 6.42 Å². The van der Waals surface area contributed by atoms with Gasteiger partial charge in [0.2, 0.25) is 0 Å². The van der Waals surface area contributed by atoms with Crippen molar-refractivity contribution in [3.05, 3.63) is 41.1 Å². The maximum atomic E-state index is 12.7. The molecule has 0 spiro atoms. The zero-order valence-electron chi connectivity index (χ0n) is 16.2. The van der Waals surface area contributed by atoms with Crippen LogP contribution in [0.4, 0.5) is 0 Å². The summed E-state index contributed by atoms with van der Waals surface area (Å²) in [5.74, 6) is 0.0183. The summed E-state index contributed by atoms with van der Waals surface area (Å²) in [5.41, 5.74) is 6.60. The van der Waals surface area contributed by atoms with Crippen LogP contribution in [0, 0.1) is 0 Å². The Morgan fingerprint density at radius 3 is 2.89 bits per heavy atom. The second-order valence-corrected chi connectivity index (χ2v) is 8.02. The number of hydrogen-bond donors (Lipinski definition) is 3. The molecule has 0 saturated carbocycles. The highest BCUT2D eigenvalue weighted by atomic mass is 16.1. The summed E-state index contributed by atoms with van der Waals surface area (Å²) < 4.78 is 0. The summed E-state index contributed by atoms with van der Waals surface area (Å²) in [4.78, 5) is 18.7. The van der Waals surface area contributed by atoms with E-state index in [-0.39, 0.29) is 5.91 Å².